The van der Waals surface area contributed by atoms with Gasteiger partial charge >= 0.3 is 0 Å². The van der Waals surface area contributed by atoms with Gasteiger partial charge in [0.2, 0.25) is 0 Å². The number of hydrogen-bond acceptors (Lipinski definition) is 3. The number of methoxy groups -OCH3 is 1. The average Bonchev–Trinajstić information content (AvgIpc) is 2.46. The van der Waals surface area contributed by atoms with Crippen LogP contribution in [0, 0.1) is 11.3 Å². The fourth-order valence-corrected chi connectivity index (χ4v) is 2.33. The molecule has 5 heteroatoms. The summed E-state index contributed by atoms with van der Waals surface area (Å²) in [7, 11) is 1.59. The third-order valence-corrected chi connectivity index (χ3v) is 3.54. The number of likely N-dealkylation sites (tertiary alicyclic amines) is 1. The number of amidine groups is 1. The van der Waals surface area contributed by atoms with Crippen LogP contribution >= 0.6 is 0 Å². The minimum absolute atomic E-state index is 0.0147. The predicted octanol–water partition coefficient (Wildman–Crippen LogP) is 1.48. The molecule has 2 rings (SSSR count). The highest BCUT2D eigenvalue weighted by Gasteiger charge is 2.25. The summed E-state index contributed by atoms with van der Waals surface area (Å²) in [5, 5.41) is 7.44. The quantitative estimate of drug-likeness (QED) is 0.639. The Labute approximate surface area is 112 Å². The van der Waals surface area contributed by atoms with Gasteiger partial charge in [0.05, 0.1) is 12.9 Å². The molecule has 1 saturated heterocycles. The Morgan fingerprint density at radius 1 is 1.42 bits per heavy atom. The number of rotatable bonds is 3. The highest BCUT2D eigenvalue weighted by molar-refractivity contribution is 5.94. The van der Waals surface area contributed by atoms with Crippen LogP contribution in [0.4, 0.5) is 0 Å². The third kappa shape index (κ3) is 3.05. The Balaban J connectivity index is 2.02. The lowest BCUT2D eigenvalue weighted by Crippen LogP contribution is -2.41. The largest absolute Gasteiger partial charge is 0.497 e. The highest BCUT2D eigenvalue weighted by atomic mass is 16.5. The molecule has 102 valence electrons. The van der Waals surface area contributed by atoms with Gasteiger partial charge in [-0.2, -0.15) is 0 Å². The molecule has 0 aliphatic carbocycles. The van der Waals surface area contributed by atoms with Crippen LogP contribution in [0.5, 0.6) is 5.75 Å². The number of nitrogens with zero attached hydrogens (tertiary/aromatic N) is 1. The predicted molar refractivity (Wildman–Crippen MR) is 73.5 cm³/mol. The van der Waals surface area contributed by atoms with Crippen LogP contribution in [0.1, 0.15) is 23.2 Å². The van der Waals surface area contributed by atoms with Gasteiger partial charge in [-0.1, -0.05) is 6.07 Å². The van der Waals surface area contributed by atoms with E-state index in [1.54, 1.807) is 19.2 Å². The Morgan fingerprint density at radius 2 is 2.11 bits per heavy atom. The second-order valence-electron chi connectivity index (χ2n) is 4.75. The van der Waals surface area contributed by atoms with Crippen LogP contribution in [-0.2, 0) is 0 Å². The second kappa shape index (κ2) is 5.73. The molecule has 0 aromatic heterocycles. The molecule has 0 radical (unpaired) electrons. The van der Waals surface area contributed by atoms with Crippen molar-refractivity contribution in [3.63, 3.8) is 0 Å². The summed E-state index contributed by atoms with van der Waals surface area (Å²) >= 11 is 0. The first kappa shape index (κ1) is 13.4. The van der Waals surface area contributed by atoms with E-state index in [0.717, 1.165) is 12.8 Å². The minimum atomic E-state index is 0.0147. The fourth-order valence-electron chi connectivity index (χ4n) is 2.33. The molecule has 1 amide bonds. The summed E-state index contributed by atoms with van der Waals surface area (Å²) < 4.78 is 5.13. The van der Waals surface area contributed by atoms with E-state index >= 15 is 0 Å². The van der Waals surface area contributed by atoms with Gasteiger partial charge < -0.3 is 15.4 Å². The molecule has 1 heterocycles. The van der Waals surface area contributed by atoms with E-state index in [2.05, 4.69) is 0 Å². The van der Waals surface area contributed by atoms with E-state index in [1.807, 2.05) is 17.0 Å². The van der Waals surface area contributed by atoms with Crippen LogP contribution in [-0.4, -0.2) is 36.8 Å². The maximum absolute atomic E-state index is 12.3. The first-order valence-electron chi connectivity index (χ1n) is 6.39. The van der Waals surface area contributed by atoms with Gasteiger partial charge in [-0.15, -0.1) is 0 Å². The van der Waals surface area contributed by atoms with E-state index in [4.69, 9.17) is 15.9 Å². The molecule has 0 saturated carbocycles. The lowest BCUT2D eigenvalue weighted by atomic mass is 9.95. The highest BCUT2D eigenvalue weighted by Crippen LogP contribution is 2.20. The second-order valence-corrected chi connectivity index (χ2v) is 4.75. The van der Waals surface area contributed by atoms with Crippen LogP contribution < -0.4 is 10.5 Å². The zero-order valence-corrected chi connectivity index (χ0v) is 11.1. The van der Waals surface area contributed by atoms with Gasteiger partial charge in [0.25, 0.3) is 5.91 Å². The van der Waals surface area contributed by atoms with E-state index in [1.165, 1.54) is 0 Å². The van der Waals surface area contributed by atoms with Crippen molar-refractivity contribution in [3.05, 3.63) is 29.8 Å². The van der Waals surface area contributed by atoms with Gasteiger partial charge in [0.1, 0.15) is 5.75 Å². The lowest BCUT2D eigenvalue weighted by molar-refractivity contribution is 0.0709. The molecule has 0 spiro atoms. The molecule has 1 aromatic carbocycles. The Kier molecular flexibility index (Phi) is 4.04. The van der Waals surface area contributed by atoms with E-state index < -0.39 is 0 Å². The third-order valence-electron chi connectivity index (χ3n) is 3.54. The van der Waals surface area contributed by atoms with Crippen LogP contribution in [0.25, 0.3) is 0 Å². The first-order valence-corrected chi connectivity index (χ1v) is 6.39. The zero-order chi connectivity index (χ0) is 13.8. The van der Waals surface area contributed by atoms with Gasteiger partial charge in [-0.3, -0.25) is 10.2 Å². The number of amides is 1. The summed E-state index contributed by atoms with van der Waals surface area (Å²) in [6.07, 6.45) is 1.54. The van der Waals surface area contributed by atoms with Gasteiger partial charge in [0, 0.05) is 24.6 Å². The Morgan fingerprint density at radius 3 is 2.68 bits per heavy atom. The maximum atomic E-state index is 12.3. The van der Waals surface area contributed by atoms with Gasteiger partial charge in [-0.25, -0.2) is 0 Å². The number of piperidine rings is 1. The van der Waals surface area contributed by atoms with Crippen molar-refractivity contribution in [2.45, 2.75) is 12.8 Å². The van der Waals surface area contributed by atoms with E-state index in [0.29, 0.717) is 24.4 Å². The molecule has 0 unspecified atom stereocenters. The number of nitrogens with one attached hydrogen (secondary N) is 1. The smallest absolute Gasteiger partial charge is 0.253 e. The monoisotopic (exact) mass is 261 g/mol. The number of carbonyl (C=O) groups is 1. The van der Waals surface area contributed by atoms with Crippen molar-refractivity contribution in [1.82, 2.24) is 4.90 Å². The minimum Gasteiger partial charge on any atom is -0.497 e. The molecule has 19 heavy (non-hydrogen) atoms. The van der Waals surface area contributed by atoms with Crippen LogP contribution in [0.3, 0.4) is 0 Å². The number of ether oxygens (including phenoxy) is 1. The molecule has 0 atom stereocenters. The number of benzene rings is 1. The van der Waals surface area contributed by atoms with Crippen LogP contribution in [0.15, 0.2) is 24.3 Å². The summed E-state index contributed by atoms with van der Waals surface area (Å²) in [6.45, 7) is 1.31. The number of nitrogens with two attached hydrogens (primary N) is 1. The zero-order valence-electron chi connectivity index (χ0n) is 11.1. The number of hydrogen-bond donors (Lipinski definition) is 2. The van der Waals surface area contributed by atoms with E-state index in [-0.39, 0.29) is 17.7 Å². The summed E-state index contributed by atoms with van der Waals surface area (Å²) in [5.41, 5.74) is 6.14. The molecule has 5 nitrogen and oxygen atoms in total. The van der Waals surface area contributed by atoms with Crippen molar-refractivity contribution in [2.24, 2.45) is 11.7 Å². The SMILES string of the molecule is COc1cccc(C(=O)N2CCC(C(=N)N)CC2)c1. The standard InChI is InChI=1S/C14H19N3O2/c1-19-12-4-2-3-11(9-12)14(18)17-7-5-10(6-8-17)13(15)16/h2-4,9-10H,5-8H2,1H3,(H3,15,16). The average molecular weight is 261 g/mol. The molecular formula is C14H19N3O2. The van der Waals surface area contributed by atoms with Crippen LogP contribution in [0.2, 0.25) is 0 Å². The molecule has 1 aromatic rings. The summed E-state index contributed by atoms with van der Waals surface area (Å²) in [5.74, 6) is 1.05. The first-order chi connectivity index (χ1) is 9.11. The Hall–Kier alpha value is -2.04. The number of carbonyl (C=O) groups excluding carboxylic acids is 1. The molecule has 0 bridgehead atoms. The normalized spacial score (nSPS) is 16.2. The molecule has 1 fully saturated rings. The summed E-state index contributed by atoms with van der Waals surface area (Å²) in [4.78, 5) is 14.1. The van der Waals surface area contributed by atoms with Gasteiger partial charge in [0.15, 0.2) is 0 Å². The fraction of sp³-hybridized carbons (Fsp3) is 0.429. The molecule has 1 aliphatic heterocycles. The van der Waals surface area contributed by atoms with Crippen molar-refractivity contribution >= 4 is 11.7 Å². The maximum Gasteiger partial charge on any atom is 0.253 e. The molecule has 1 aliphatic rings. The topological polar surface area (TPSA) is 79.4 Å². The van der Waals surface area contributed by atoms with Crippen molar-refractivity contribution in [3.8, 4) is 5.75 Å². The van der Waals surface area contributed by atoms with Crippen molar-refractivity contribution in [1.29, 1.82) is 5.41 Å². The molecule has 3 N–H and O–H groups in total. The lowest BCUT2D eigenvalue weighted by Gasteiger charge is -2.31. The Bertz CT molecular complexity index is 479. The van der Waals surface area contributed by atoms with Gasteiger partial charge in [-0.05, 0) is 31.0 Å². The van der Waals surface area contributed by atoms with Crippen molar-refractivity contribution < 1.29 is 9.53 Å². The van der Waals surface area contributed by atoms with E-state index in [9.17, 15) is 4.79 Å². The summed E-state index contributed by atoms with van der Waals surface area (Å²) in [6, 6.07) is 7.18. The molecular weight excluding hydrogens is 242 g/mol. The van der Waals surface area contributed by atoms with Crippen molar-refractivity contribution in [2.75, 3.05) is 20.2 Å².